The molecule has 0 saturated carbocycles. The normalized spacial score (nSPS) is 25.8. The Morgan fingerprint density at radius 1 is 1.17 bits per heavy atom. The van der Waals surface area contributed by atoms with Gasteiger partial charge in [-0.3, -0.25) is 9.88 Å². The number of hydrogen-bond acceptors (Lipinski definition) is 6. The van der Waals surface area contributed by atoms with Crippen molar-refractivity contribution in [3.63, 3.8) is 0 Å². The van der Waals surface area contributed by atoms with Crippen LogP contribution in [0.4, 0.5) is 5.69 Å². The van der Waals surface area contributed by atoms with Crippen LogP contribution in [0.25, 0.3) is 0 Å². The first-order valence-electron chi connectivity index (χ1n) is 8.44. The third-order valence-electron chi connectivity index (χ3n) is 4.65. The Kier molecular flexibility index (Phi) is 4.80. The Hall–Kier alpha value is -1.47. The van der Waals surface area contributed by atoms with E-state index in [0.29, 0.717) is 6.61 Å². The Bertz CT molecular complexity index is 637. The zero-order valence-electron chi connectivity index (χ0n) is 13.8. The molecule has 2 aromatic rings. The third kappa shape index (κ3) is 3.62. The van der Waals surface area contributed by atoms with Crippen LogP contribution >= 0.6 is 11.3 Å². The molecule has 0 aliphatic carbocycles. The van der Waals surface area contributed by atoms with Gasteiger partial charge in [0.05, 0.1) is 38.2 Å². The summed E-state index contributed by atoms with van der Waals surface area (Å²) in [7, 11) is 0. The van der Waals surface area contributed by atoms with Crippen LogP contribution in [0, 0.1) is 0 Å². The average Bonchev–Trinajstić information content (AvgIpc) is 3.03. The lowest BCUT2D eigenvalue weighted by Crippen LogP contribution is -2.58. The molecule has 2 saturated heterocycles. The first kappa shape index (κ1) is 16.0. The number of thiophene rings is 1. The van der Waals surface area contributed by atoms with Gasteiger partial charge in [0.1, 0.15) is 5.60 Å². The molecule has 0 bridgehead atoms. The van der Waals surface area contributed by atoms with E-state index in [2.05, 4.69) is 38.4 Å². The quantitative estimate of drug-likeness (QED) is 0.853. The van der Waals surface area contributed by atoms with E-state index < -0.39 is 0 Å². The summed E-state index contributed by atoms with van der Waals surface area (Å²) in [5.74, 6) is 0. The van der Waals surface area contributed by atoms with Crippen molar-refractivity contribution in [2.45, 2.75) is 12.1 Å². The molecular formula is C18H23N3O2S. The molecule has 128 valence electrons. The molecule has 0 unspecified atom stereocenters. The molecule has 1 atom stereocenters. The molecule has 0 radical (unpaired) electrons. The fourth-order valence-corrected chi connectivity index (χ4v) is 4.28. The SMILES string of the molecule is c1cncc(N2CCOC[C@]3(CN(Cc4cccs4)CCO3)C2)c1. The number of ether oxygens (including phenoxy) is 2. The third-order valence-corrected chi connectivity index (χ3v) is 5.51. The van der Waals surface area contributed by atoms with Crippen LogP contribution in [-0.4, -0.2) is 61.5 Å². The molecule has 4 heterocycles. The van der Waals surface area contributed by atoms with Crippen LogP contribution in [0.2, 0.25) is 0 Å². The molecule has 0 aromatic carbocycles. The molecule has 2 fully saturated rings. The van der Waals surface area contributed by atoms with Gasteiger partial charge in [0, 0.05) is 37.3 Å². The minimum absolute atomic E-state index is 0.262. The summed E-state index contributed by atoms with van der Waals surface area (Å²) in [6.45, 7) is 6.75. The van der Waals surface area contributed by atoms with E-state index in [9.17, 15) is 0 Å². The number of hydrogen-bond donors (Lipinski definition) is 0. The minimum Gasteiger partial charge on any atom is -0.376 e. The van der Waals surface area contributed by atoms with Crippen molar-refractivity contribution in [2.24, 2.45) is 0 Å². The first-order valence-corrected chi connectivity index (χ1v) is 9.32. The molecule has 0 N–H and O–H groups in total. The first-order chi connectivity index (χ1) is 11.8. The molecule has 2 aromatic heterocycles. The Balaban J connectivity index is 1.49. The maximum absolute atomic E-state index is 6.26. The van der Waals surface area contributed by atoms with Crippen LogP contribution < -0.4 is 4.90 Å². The van der Waals surface area contributed by atoms with Crippen molar-refractivity contribution in [1.29, 1.82) is 0 Å². The Morgan fingerprint density at radius 3 is 3.00 bits per heavy atom. The summed E-state index contributed by atoms with van der Waals surface area (Å²) in [5.41, 5.74) is 0.878. The number of morpholine rings is 1. The van der Waals surface area contributed by atoms with Gasteiger partial charge in [-0.05, 0) is 23.6 Å². The predicted molar refractivity (Wildman–Crippen MR) is 95.5 cm³/mol. The number of aromatic nitrogens is 1. The van der Waals surface area contributed by atoms with E-state index in [1.807, 2.05) is 29.8 Å². The van der Waals surface area contributed by atoms with Gasteiger partial charge >= 0.3 is 0 Å². The average molecular weight is 345 g/mol. The molecule has 2 aliphatic rings. The summed E-state index contributed by atoms with van der Waals surface area (Å²) in [5, 5.41) is 2.14. The second-order valence-corrected chi connectivity index (χ2v) is 7.54. The van der Waals surface area contributed by atoms with Crippen molar-refractivity contribution in [3.8, 4) is 0 Å². The highest BCUT2D eigenvalue weighted by Crippen LogP contribution is 2.27. The highest BCUT2D eigenvalue weighted by Gasteiger charge is 2.40. The largest absolute Gasteiger partial charge is 0.376 e. The lowest BCUT2D eigenvalue weighted by Gasteiger charge is -2.43. The van der Waals surface area contributed by atoms with Crippen LogP contribution in [0.3, 0.4) is 0 Å². The summed E-state index contributed by atoms with van der Waals surface area (Å²) in [6.07, 6.45) is 3.73. The maximum Gasteiger partial charge on any atom is 0.121 e. The Morgan fingerprint density at radius 2 is 2.17 bits per heavy atom. The van der Waals surface area contributed by atoms with E-state index in [-0.39, 0.29) is 5.60 Å². The summed E-state index contributed by atoms with van der Waals surface area (Å²) in [6, 6.07) is 8.42. The molecule has 5 nitrogen and oxygen atoms in total. The van der Waals surface area contributed by atoms with Gasteiger partial charge in [0.2, 0.25) is 0 Å². The number of pyridine rings is 1. The topological polar surface area (TPSA) is 37.8 Å². The number of nitrogens with zero attached hydrogens (tertiary/aromatic N) is 3. The van der Waals surface area contributed by atoms with E-state index >= 15 is 0 Å². The fourth-order valence-electron chi connectivity index (χ4n) is 3.53. The molecular weight excluding hydrogens is 322 g/mol. The van der Waals surface area contributed by atoms with Crippen molar-refractivity contribution in [1.82, 2.24) is 9.88 Å². The molecule has 6 heteroatoms. The predicted octanol–water partition coefficient (Wildman–Crippen LogP) is 2.25. The van der Waals surface area contributed by atoms with Crippen molar-refractivity contribution < 1.29 is 9.47 Å². The van der Waals surface area contributed by atoms with Crippen molar-refractivity contribution >= 4 is 17.0 Å². The van der Waals surface area contributed by atoms with Gasteiger partial charge in [0.25, 0.3) is 0 Å². The lowest BCUT2D eigenvalue weighted by molar-refractivity contribution is -0.134. The van der Waals surface area contributed by atoms with Gasteiger partial charge < -0.3 is 14.4 Å². The van der Waals surface area contributed by atoms with E-state index in [1.54, 1.807) is 0 Å². The summed E-state index contributed by atoms with van der Waals surface area (Å²) < 4.78 is 12.2. The van der Waals surface area contributed by atoms with E-state index in [1.165, 1.54) is 4.88 Å². The molecule has 24 heavy (non-hydrogen) atoms. The maximum atomic E-state index is 6.26. The van der Waals surface area contributed by atoms with Gasteiger partial charge in [-0.2, -0.15) is 0 Å². The van der Waals surface area contributed by atoms with Gasteiger partial charge in [0.15, 0.2) is 0 Å². The highest BCUT2D eigenvalue weighted by atomic mass is 32.1. The number of rotatable bonds is 3. The fraction of sp³-hybridized carbons (Fsp3) is 0.500. The van der Waals surface area contributed by atoms with Crippen LogP contribution in [0.5, 0.6) is 0 Å². The molecule has 4 rings (SSSR count). The summed E-state index contributed by atoms with van der Waals surface area (Å²) in [4.78, 5) is 10.5. The van der Waals surface area contributed by atoms with Crippen LogP contribution in [0.1, 0.15) is 4.88 Å². The Labute approximate surface area is 146 Å². The monoisotopic (exact) mass is 345 g/mol. The lowest BCUT2D eigenvalue weighted by atomic mass is 10.0. The second kappa shape index (κ2) is 7.19. The van der Waals surface area contributed by atoms with Gasteiger partial charge in [-0.15, -0.1) is 11.3 Å². The summed E-state index contributed by atoms with van der Waals surface area (Å²) >= 11 is 1.82. The van der Waals surface area contributed by atoms with E-state index in [4.69, 9.17) is 9.47 Å². The van der Waals surface area contributed by atoms with Crippen LogP contribution in [-0.2, 0) is 16.0 Å². The van der Waals surface area contributed by atoms with Gasteiger partial charge in [-0.25, -0.2) is 0 Å². The molecule has 1 spiro atoms. The second-order valence-electron chi connectivity index (χ2n) is 6.51. The standard InChI is InChI=1S/C18H23N3O2S/c1-3-16(11-19-5-1)21-7-8-22-15-18(14-21)13-20(6-9-23-18)12-17-4-2-10-24-17/h1-5,10-11H,6-9,12-15H2/t18-/m0/s1. The van der Waals surface area contributed by atoms with Crippen molar-refractivity contribution in [2.75, 3.05) is 50.9 Å². The van der Waals surface area contributed by atoms with Gasteiger partial charge in [-0.1, -0.05) is 6.07 Å². The molecule has 0 amide bonds. The van der Waals surface area contributed by atoms with Crippen LogP contribution in [0.15, 0.2) is 42.0 Å². The smallest absolute Gasteiger partial charge is 0.121 e. The minimum atomic E-state index is -0.262. The zero-order valence-corrected chi connectivity index (χ0v) is 14.6. The zero-order chi connectivity index (χ0) is 16.2. The van der Waals surface area contributed by atoms with Crippen molar-refractivity contribution in [3.05, 3.63) is 46.9 Å². The molecule has 2 aliphatic heterocycles. The number of anilines is 1. The van der Waals surface area contributed by atoms with E-state index in [0.717, 1.165) is 51.6 Å². The highest BCUT2D eigenvalue weighted by molar-refractivity contribution is 7.09.